The van der Waals surface area contributed by atoms with Crippen molar-refractivity contribution < 1.29 is 67.9 Å². The van der Waals surface area contributed by atoms with Gasteiger partial charge in [-0.05, 0) is 93.9 Å². The molecule has 0 aromatic rings. The Morgan fingerprint density at radius 3 is 2.17 bits per heavy atom. The summed E-state index contributed by atoms with van der Waals surface area (Å²) in [5, 5.41) is 45.1. The van der Waals surface area contributed by atoms with E-state index in [2.05, 4.69) is 4.90 Å². The van der Waals surface area contributed by atoms with Crippen LogP contribution >= 0.6 is 0 Å². The molecule has 0 aliphatic carbocycles. The van der Waals surface area contributed by atoms with Gasteiger partial charge in [0.2, 0.25) is 0 Å². The fraction of sp³-hybridized carbons (Fsp3) is 0.860. The van der Waals surface area contributed by atoms with Crippen LogP contribution in [0.15, 0.2) is 24.3 Å². The maximum Gasteiger partial charge on any atom is 0.308 e. The van der Waals surface area contributed by atoms with Gasteiger partial charge in [-0.2, -0.15) is 0 Å². The third-order valence-corrected chi connectivity index (χ3v) is 12.4. The zero-order valence-electron chi connectivity index (χ0n) is 37.0. The molecule has 4 aliphatic heterocycles. The van der Waals surface area contributed by atoms with Crippen molar-refractivity contribution in [3.63, 3.8) is 0 Å². The van der Waals surface area contributed by atoms with Crippen LogP contribution in [-0.4, -0.2) is 181 Å². The molecule has 59 heavy (non-hydrogen) atoms. The summed E-state index contributed by atoms with van der Waals surface area (Å²) in [6.45, 7) is 10.8. The molecule has 4 rings (SSSR count). The molecule has 0 spiro atoms. The number of likely N-dealkylation sites (N-methyl/N-ethyl adjacent to an activating group) is 2. The second kappa shape index (κ2) is 22.5. The van der Waals surface area contributed by atoms with Crippen molar-refractivity contribution >= 4 is 12.3 Å². The lowest BCUT2D eigenvalue weighted by Crippen LogP contribution is -2.65. The van der Waals surface area contributed by atoms with Crippen LogP contribution in [-0.2, 0) is 47.5 Å². The number of esters is 1. The standard InChI is InChI=1S/C43H74N2O14/c1-24-21-29(19-20-46)39(59-42-37(49)36(45(9)10)38(27(4)56-42)58-35-23-43(6,51)41(50)28(5)55-35)40(52-11)31(47)22-33(48)53-25(2)15-13-12-14-16-32(24)57-34-18-17-30(44(7)8)26(3)54-34/h12-14,16,20,24-32,34-42,47,49-51H,15,17-19,21-23H2,1-11H3/b13-12+,16-14+/t24-,25-,26-,27-,28+,29+,30+,31-,32+,34-,35-,36-,37+,38+,39+,40+,41-,42+,43+/m1/s1. The highest BCUT2D eigenvalue weighted by atomic mass is 16.7. The van der Waals surface area contributed by atoms with E-state index in [9.17, 15) is 30.0 Å². The van der Waals surface area contributed by atoms with E-state index in [0.29, 0.717) is 19.3 Å². The first-order valence-electron chi connectivity index (χ1n) is 21.3. The fourth-order valence-electron chi connectivity index (χ4n) is 9.10. The molecule has 0 radical (unpaired) electrons. The van der Waals surface area contributed by atoms with Gasteiger partial charge < -0.3 is 72.9 Å². The van der Waals surface area contributed by atoms with Crippen molar-refractivity contribution in [2.24, 2.45) is 11.8 Å². The minimum absolute atomic E-state index is 0.00885. The average Bonchev–Trinajstić information content (AvgIpc) is 3.13. The Morgan fingerprint density at radius 1 is 0.864 bits per heavy atom. The molecule has 0 saturated carbocycles. The third kappa shape index (κ3) is 13.3. The monoisotopic (exact) mass is 843 g/mol. The van der Waals surface area contributed by atoms with Gasteiger partial charge in [-0.15, -0.1) is 0 Å². The minimum atomic E-state index is -1.47. The van der Waals surface area contributed by atoms with E-state index in [0.717, 1.165) is 12.7 Å². The molecule has 16 heteroatoms. The predicted octanol–water partition coefficient (Wildman–Crippen LogP) is 2.33. The number of ether oxygens (including phenoxy) is 8. The highest BCUT2D eigenvalue weighted by Crippen LogP contribution is 2.37. The summed E-state index contributed by atoms with van der Waals surface area (Å²) < 4.78 is 50.0. The molecule has 19 atom stereocenters. The van der Waals surface area contributed by atoms with Crippen molar-refractivity contribution in [1.82, 2.24) is 9.80 Å². The van der Waals surface area contributed by atoms with E-state index in [4.69, 9.17) is 37.9 Å². The Morgan fingerprint density at radius 2 is 1.56 bits per heavy atom. The van der Waals surface area contributed by atoms with Crippen LogP contribution in [0.1, 0.15) is 86.5 Å². The van der Waals surface area contributed by atoms with E-state index in [1.807, 2.05) is 52.2 Å². The first-order chi connectivity index (χ1) is 27.8. The maximum absolute atomic E-state index is 13.1. The first-order valence-corrected chi connectivity index (χ1v) is 21.3. The summed E-state index contributed by atoms with van der Waals surface area (Å²) in [5.41, 5.74) is -1.47. The summed E-state index contributed by atoms with van der Waals surface area (Å²) in [6.07, 6.45) is -1.56. The van der Waals surface area contributed by atoms with Gasteiger partial charge in [0.05, 0.1) is 54.7 Å². The van der Waals surface area contributed by atoms with Crippen LogP contribution in [0.4, 0.5) is 0 Å². The molecule has 16 nitrogen and oxygen atoms in total. The first kappa shape index (κ1) is 49.8. The number of allylic oxidation sites excluding steroid dienone is 2. The Hall–Kier alpha value is -1.90. The van der Waals surface area contributed by atoms with Crippen molar-refractivity contribution in [2.75, 3.05) is 35.3 Å². The molecule has 0 aromatic carbocycles. The Kier molecular flexibility index (Phi) is 18.9. The minimum Gasteiger partial charge on any atom is -0.462 e. The third-order valence-electron chi connectivity index (χ3n) is 12.4. The summed E-state index contributed by atoms with van der Waals surface area (Å²) in [7, 11) is 9.03. The zero-order valence-corrected chi connectivity index (χ0v) is 37.0. The normalized spacial score (nSPS) is 45.8. The summed E-state index contributed by atoms with van der Waals surface area (Å²) in [6, 6.07) is -0.466. The van der Waals surface area contributed by atoms with Crippen molar-refractivity contribution in [1.29, 1.82) is 0 Å². The molecule has 4 N–H and O–H groups in total. The molecule has 4 aliphatic rings. The second-order valence-electron chi connectivity index (χ2n) is 17.8. The topological polar surface area (TPSA) is 195 Å². The van der Waals surface area contributed by atoms with E-state index in [1.165, 1.54) is 14.0 Å². The second-order valence-corrected chi connectivity index (χ2v) is 17.8. The molecular formula is C43H74N2O14. The summed E-state index contributed by atoms with van der Waals surface area (Å²) >= 11 is 0. The number of rotatable bonds is 11. The van der Waals surface area contributed by atoms with Crippen molar-refractivity contribution in [3.05, 3.63) is 24.3 Å². The lowest BCUT2D eigenvalue weighted by molar-refractivity contribution is -0.344. The lowest BCUT2D eigenvalue weighted by atomic mass is 9.82. The van der Waals surface area contributed by atoms with E-state index >= 15 is 0 Å². The van der Waals surface area contributed by atoms with Crippen LogP contribution < -0.4 is 0 Å². The predicted molar refractivity (Wildman–Crippen MR) is 217 cm³/mol. The van der Waals surface area contributed by atoms with Crippen LogP contribution in [0.2, 0.25) is 0 Å². The van der Waals surface area contributed by atoms with Gasteiger partial charge in [-0.3, -0.25) is 4.79 Å². The van der Waals surface area contributed by atoms with E-state index in [-0.39, 0.29) is 30.9 Å². The van der Waals surface area contributed by atoms with Gasteiger partial charge in [-0.25, -0.2) is 0 Å². The van der Waals surface area contributed by atoms with Gasteiger partial charge in [0, 0.05) is 32.4 Å². The molecule has 0 aromatic heterocycles. The van der Waals surface area contributed by atoms with Crippen molar-refractivity contribution in [2.45, 2.75) is 190 Å². The Labute approximate surface area is 351 Å². The lowest BCUT2D eigenvalue weighted by Gasteiger charge is -2.50. The summed E-state index contributed by atoms with van der Waals surface area (Å²) in [5.74, 6) is -1.47. The number of methoxy groups -OCH3 is 1. The Balaban J connectivity index is 1.66. The molecule has 3 saturated heterocycles. The zero-order chi connectivity index (χ0) is 43.8. The van der Waals surface area contributed by atoms with Gasteiger partial charge >= 0.3 is 5.97 Å². The van der Waals surface area contributed by atoms with Crippen LogP contribution in [0.25, 0.3) is 0 Å². The number of aliphatic hydroxyl groups is 4. The average molecular weight is 843 g/mol. The van der Waals surface area contributed by atoms with Gasteiger partial charge in [0.25, 0.3) is 0 Å². The number of cyclic esters (lactones) is 1. The van der Waals surface area contributed by atoms with Gasteiger partial charge in [-0.1, -0.05) is 31.2 Å². The number of carbonyl (C=O) groups excluding carboxylic acids is 2. The molecule has 0 bridgehead atoms. The fourth-order valence-corrected chi connectivity index (χ4v) is 9.10. The summed E-state index contributed by atoms with van der Waals surface area (Å²) in [4.78, 5) is 29.5. The molecule has 3 fully saturated rings. The number of aldehydes is 1. The molecular weight excluding hydrogens is 768 g/mol. The van der Waals surface area contributed by atoms with Crippen LogP contribution in [0, 0.1) is 11.8 Å². The number of aliphatic hydroxyl groups excluding tert-OH is 3. The molecule has 4 heterocycles. The number of carbonyl (C=O) groups is 2. The van der Waals surface area contributed by atoms with Gasteiger partial charge in [0.1, 0.15) is 36.8 Å². The van der Waals surface area contributed by atoms with Crippen molar-refractivity contribution in [3.8, 4) is 0 Å². The molecule has 0 unspecified atom stereocenters. The number of nitrogens with zero attached hydrogens (tertiary/aromatic N) is 2. The van der Waals surface area contributed by atoms with Gasteiger partial charge in [0.15, 0.2) is 18.9 Å². The number of hydrogen-bond acceptors (Lipinski definition) is 16. The SMILES string of the molecule is CO[C@@H]1[C@@H](O[C@@H]2O[C@H](C)[C@H](O[C@@H]3C[C@](C)(O)[C@H](O)[C@H](C)O3)[C@H](N(C)C)[C@@H]2O)[C@@H](CC=O)C[C@@H](C)[C@@H](O[C@@H]2CC[C@H](N(C)C)[C@@H](C)O2)/C=C/C=C/C[C@@H](C)OC(=O)C[C@H]1O. The number of hydrogen-bond donors (Lipinski definition) is 4. The maximum atomic E-state index is 13.1. The van der Waals surface area contributed by atoms with Crippen LogP contribution in [0.5, 0.6) is 0 Å². The highest BCUT2D eigenvalue weighted by molar-refractivity contribution is 5.70. The highest BCUT2D eigenvalue weighted by Gasteiger charge is 2.52. The molecule has 0 amide bonds. The quantitative estimate of drug-likeness (QED) is 0.175. The van der Waals surface area contributed by atoms with E-state index < -0.39 is 110 Å². The van der Waals surface area contributed by atoms with E-state index in [1.54, 1.807) is 39.8 Å². The smallest absolute Gasteiger partial charge is 0.308 e. The Bertz CT molecular complexity index is 1370. The van der Waals surface area contributed by atoms with Crippen LogP contribution in [0.3, 0.4) is 0 Å². The molecule has 340 valence electrons. The largest absolute Gasteiger partial charge is 0.462 e.